The van der Waals surface area contributed by atoms with Gasteiger partial charge in [-0.05, 0) is 36.6 Å². The van der Waals surface area contributed by atoms with E-state index < -0.39 is 0 Å². The zero-order chi connectivity index (χ0) is 13.9. The zero-order valence-corrected chi connectivity index (χ0v) is 12.3. The Morgan fingerprint density at radius 2 is 2.05 bits per heavy atom. The van der Waals surface area contributed by atoms with Crippen LogP contribution >= 0.6 is 23.1 Å². The molecule has 0 aliphatic rings. The van der Waals surface area contributed by atoms with Gasteiger partial charge in [-0.25, -0.2) is 4.98 Å². The summed E-state index contributed by atoms with van der Waals surface area (Å²) in [4.78, 5) is 21.5. The molecule has 0 saturated carbocycles. The van der Waals surface area contributed by atoms with Crippen molar-refractivity contribution in [2.75, 3.05) is 11.6 Å². The van der Waals surface area contributed by atoms with Crippen LogP contribution in [-0.4, -0.2) is 22.1 Å². The molecule has 0 aliphatic carbocycles. The van der Waals surface area contributed by atoms with Gasteiger partial charge in [-0.3, -0.25) is 15.1 Å². The SMILES string of the molecule is CSc1ccc2nc(NC(=O)c3ccncc3)sc2c1. The molecule has 0 aliphatic heterocycles. The van der Waals surface area contributed by atoms with E-state index in [1.807, 2.05) is 18.4 Å². The predicted octanol–water partition coefficient (Wildman–Crippen LogP) is 3.67. The molecule has 0 spiro atoms. The summed E-state index contributed by atoms with van der Waals surface area (Å²) in [5.74, 6) is -0.170. The molecule has 2 aromatic heterocycles. The van der Waals surface area contributed by atoms with Crippen molar-refractivity contribution in [3.05, 3.63) is 48.3 Å². The van der Waals surface area contributed by atoms with Crippen LogP contribution in [0.4, 0.5) is 5.13 Å². The Balaban J connectivity index is 1.86. The maximum Gasteiger partial charge on any atom is 0.257 e. The number of benzene rings is 1. The predicted molar refractivity (Wildman–Crippen MR) is 83.6 cm³/mol. The lowest BCUT2D eigenvalue weighted by Gasteiger charge is -1.99. The highest BCUT2D eigenvalue weighted by atomic mass is 32.2. The highest BCUT2D eigenvalue weighted by molar-refractivity contribution is 7.98. The maximum atomic E-state index is 12.0. The first kappa shape index (κ1) is 13.1. The smallest absolute Gasteiger partial charge is 0.257 e. The van der Waals surface area contributed by atoms with Crippen LogP contribution in [0.25, 0.3) is 10.2 Å². The molecule has 1 amide bonds. The average Bonchev–Trinajstić information content (AvgIpc) is 2.89. The summed E-state index contributed by atoms with van der Waals surface area (Å²) in [5, 5.41) is 3.43. The Hall–Kier alpha value is -1.92. The number of pyridine rings is 1. The Labute approximate surface area is 124 Å². The van der Waals surface area contributed by atoms with Crippen LogP contribution in [0.15, 0.2) is 47.6 Å². The molecule has 0 atom stereocenters. The van der Waals surface area contributed by atoms with E-state index in [0.717, 1.165) is 10.2 Å². The number of amides is 1. The zero-order valence-electron chi connectivity index (χ0n) is 10.7. The maximum absolute atomic E-state index is 12.0. The minimum absolute atomic E-state index is 0.170. The second-order valence-electron chi connectivity index (χ2n) is 4.04. The Bertz CT molecular complexity index is 755. The summed E-state index contributed by atoms with van der Waals surface area (Å²) in [5.41, 5.74) is 1.47. The minimum Gasteiger partial charge on any atom is -0.298 e. The van der Waals surface area contributed by atoms with Crippen LogP contribution in [0.3, 0.4) is 0 Å². The number of nitrogens with zero attached hydrogens (tertiary/aromatic N) is 2. The van der Waals surface area contributed by atoms with Crippen molar-refractivity contribution in [1.82, 2.24) is 9.97 Å². The number of hydrogen-bond donors (Lipinski definition) is 1. The fourth-order valence-corrected chi connectivity index (χ4v) is 3.17. The van der Waals surface area contributed by atoms with Crippen molar-refractivity contribution in [3.8, 4) is 0 Å². The van der Waals surface area contributed by atoms with Crippen LogP contribution in [-0.2, 0) is 0 Å². The summed E-state index contributed by atoms with van der Waals surface area (Å²) in [6, 6.07) is 9.43. The van der Waals surface area contributed by atoms with Crippen molar-refractivity contribution >= 4 is 44.4 Å². The first-order valence-electron chi connectivity index (χ1n) is 5.92. The first-order chi connectivity index (χ1) is 9.76. The van der Waals surface area contributed by atoms with Crippen molar-refractivity contribution in [3.63, 3.8) is 0 Å². The number of hydrogen-bond acceptors (Lipinski definition) is 5. The molecule has 1 N–H and O–H groups in total. The molecule has 20 heavy (non-hydrogen) atoms. The normalized spacial score (nSPS) is 10.7. The van der Waals surface area contributed by atoms with E-state index in [-0.39, 0.29) is 5.91 Å². The van der Waals surface area contributed by atoms with Crippen molar-refractivity contribution in [2.45, 2.75) is 4.90 Å². The largest absolute Gasteiger partial charge is 0.298 e. The van der Waals surface area contributed by atoms with Gasteiger partial charge in [0.1, 0.15) is 0 Å². The summed E-state index contributed by atoms with van der Waals surface area (Å²) in [6.45, 7) is 0. The molecule has 3 aromatic rings. The van der Waals surface area contributed by atoms with E-state index in [4.69, 9.17) is 0 Å². The molecule has 100 valence electrons. The van der Waals surface area contributed by atoms with E-state index in [2.05, 4.69) is 21.4 Å². The number of fused-ring (bicyclic) bond motifs is 1. The van der Waals surface area contributed by atoms with Gasteiger partial charge in [0.15, 0.2) is 5.13 Å². The van der Waals surface area contributed by atoms with Crippen LogP contribution in [0, 0.1) is 0 Å². The lowest BCUT2D eigenvalue weighted by atomic mass is 10.2. The van der Waals surface area contributed by atoms with Gasteiger partial charge in [-0.15, -0.1) is 11.8 Å². The van der Waals surface area contributed by atoms with E-state index in [1.165, 1.54) is 16.2 Å². The topological polar surface area (TPSA) is 54.9 Å². The molecule has 0 unspecified atom stereocenters. The molecule has 0 radical (unpaired) electrons. The summed E-state index contributed by atoms with van der Waals surface area (Å²) in [7, 11) is 0. The highest BCUT2D eigenvalue weighted by Gasteiger charge is 2.09. The van der Waals surface area contributed by atoms with Gasteiger partial charge in [0, 0.05) is 22.9 Å². The molecule has 0 fully saturated rings. The molecule has 3 rings (SSSR count). The Kier molecular flexibility index (Phi) is 3.66. The van der Waals surface area contributed by atoms with Crippen molar-refractivity contribution < 1.29 is 4.79 Å². The third-order valence-electron chi connectivity index (χ3n) is 2.76. The number of carbonyl (C=O) groups excluding carboxylic acids is 1. The molecule has 2 heterocycles. The summed E-state index contributed by atoms with van der Waals surface area (Å²) >= 11 is 3.17. The Morgan fingerprint density at radius 3 is 2.80 bits per heavy atom. The monoisotopic (exact) mass is 301 g/mol. The van der Waals surface area contributed by atoms with E-state index in [1.54, 1.807) is 36.3 Å². The number of thiazole rings is 1. The van der Waals surface area contributed by atoms with Crippen LogP contribution in [0.5, 0.6) is 0 Å². The first-order valence-corrected chi connectivity index (χ1v) is 7.96. The fourth-order valence-electron chi connectivity index (χ4n) is 1.76. The molecule has 6 heteroatoms. The number of anilines is 1. The fraction of sp³-hybridized carbons (Fsp3) is 0.0714. The van der Waals surface area contributed by atoms with Crippen molar-refractivity contribution in [2.24, 2.45) is 0 Å². The summed E-state index contributed by atoms with van der Waals surface area (Å²) < 4.78 is 1.07. The second-order valence-corrected chi connectivity index (χ2v) is 5.95. The standard InChI is InChI=1S/C14H11N3OS2/c1-19-10-2-3-11-12(8-10)20-14(16-11)17-13(18)9-4-6-15-7-5-9/h2-8H,1H3,(H,16,17,18). The third-order valence-corrected chi connectivity index (χ3v) is 4.42. The van der Waals surface area contributed by atoms with Crippen molar-refractivity contribution in [1.29, 1.82) is 0 Å². The summed E-state index contributed by atoms with van der Waals surface area (Å²) in [6.07, 6.45) is 5.23. The second kappa shape index (κ2) is 5.60. The lowest BCUT2D eigenvalue weighted by molar-refractivity contribution is 0.102. The van der Waals surface area contributed by atoms with E-state index in [0.29, 0.717) is 10.7 Å². The minimum atomic E-state index is -0.170. The molecular formula is C14H11N3OS2. The van der Waals surface area contributed by atoms with Gasteiger partial charge < -0.3 is 0 Å². The van der Waals surface area contributed by atoms with Gasteiger partial charge in [0.2, 0.25) is 0 Å². The van der Waals surface area contributed by atoms with Crippen LogP contribution in [0.2, 0.25) is 0 Å². The number of carbonyl (C=O) groups is 1. The molecule has 0 bridgehead atoms. The van der Waals surface area contributed by atoms with Gasteiger partial charge in [0.25, 0.3) is 5.91 Å². The third kappa shape index (κ3) is 2.66. The molecular weight excluding hydrogens is 290 g/mol. The average molecular weight is 301 g/mol. The van der Waals surface area contributed by atoms with E-state index in [9.17, 15) is 4.79 Å². The number of aromatic nitrogens is 2. The number of thioether (sulfide) groups is 1. The van der Waals surface area contributed by atoms with Gasteiger partial charge >= 0.3 is 0 Å². The van der Waals surface area contributed by atoms with Gasteiger partial charge in [-0.2, -0.15) is 0 Å². The number of nitrogens with one attached hydrogen (secondary N) is 1. The molecule has 4 nitrogen and oxygen atoms in total. The molecule has 1 aromatic carbocycles. The Morgan fingerprint density at radius 1 is 1.25 bits per heavy atom. The molecule has 0 saturated heterocycles. The van der Waals surface area contributed by atoms with Crippen LogP contribution < -0.4 is 5.32 Å². The highest BCUT2D eigenvalue weighted by Crippen LogP contribution is 2.29. The lowest BCUT2D eigenvalue weighted by Crippen LogP contribution is -2.11. The quantitative estimate of drug-likeness (QED) is 0.750. The van der Waals surface area contributed by atoms with Gasteiger partial charge in [-0.1, -0.05) is 11.3 Å². The van der Waals surface area contributed by atoms with Crippen LogP contribution in [0.1, 0.15) is 10.4 Å². The van der Waals surface area contributed by atoms with E-state index >= 15 is 0 Å². The van der Waals surface area contributed by atoms with Gasteiger partial charge in [0.05, 0.1) is 10.2 Å². The number of rotatable bonds is 3.